The number of anilines is 1. The number of ether oxygens (including phenoxy) is 4. The Kier molecular flexibility index (Phi) is 7.10. The van der Waals surface area contributed by atoms with Gasteiger partial charge in [-0.15, -0.1) is 0 Å². The van der Waals surface area contributed by atoms with Crippen LogP contribution in [0.15, 0.2) is 52.7 Å². The van der Waals surface area contributed by atoms with Crippen LogP contribution < -0.4 is 24.3 Å². The predicted octanol–water partition coefficient (Wildman–Crippen LogP) is 4.54. The highest BCUT2D eigenvalue weighted by atomic mass is 16.5. The number of ketones is 1. The Bertz CT molecular complexity index is 1190. The number of hydrogen-bond acceptors (Lipinski definition) is 7. The summed E-state index contributed by atoms with van der Waals surface area (Å²) >= 11 is 0. The van der Waals surface area contributed by atoms with Gasteiger partial charge in [-0.05, 0) is 49.6 Å². The number of amides is 1. The number of carbonyl (C=O) groups is 2. The smallest absolute Gasteiger partial charge is 0.254 e. The summed E-state index contributed by atoms with van der Waals surface area (Å²) in [7, 11) is 6.16. The molecule has 0 unspecified atom stereocenters. The van der Waals surface area contributed by atoms with Crippen LogP contribution >= 0.6 is 0 Å². The van der Waals surface area contributed by atoms with E-state index in [0.29, 0.717) is 46.4 Å². The van der Waals surface area contributed by atoms with Crippen LogP contribution in [0.5, 0.6) is 23.0 Å². The van der Waals surface area contributed by atoms with E-state index in [0.717, 1.165) is 24.1 Å². The molecule has 2 aromatic carbocycles. The van der Waals surface area contributed by atoms with Gasteiger partial charge in [0, 0.05) is 29.3 Å². The lowest BCUT2D eigenvalue weighted by molar-refractivity contribution is -0.122. The summed E-state index contributed by atoms with van der Waals surface area (Å²) in [6, 6.07) is 10.8. The molecule has 0 bridgehead atoms. The second kappa shape index (κ2) is 10.2. The zero-order chi connectivity index (χ0) is 25.1. The number of rotatable bonds is 7. The highest BCUT2D eigenvalue weighted by Crippen LogP contribution is 2.47. The van der Waals surface area contributed by atoms with E-state index in [2.05, 4.69) is 5.32 Å². The number of methoxy groups -OCH3 is 4. The molecule has 1 saturated carbocycles. The minimum Gasteiger partial charge on any atom is -0.495 e. The van der Waals surface area contributed by atoms with Gasteiger partial charge in [-0.3, -0.25) is 14.6 Å². The molecule has 4 rings (SSSR count). The number of nitrogens with one attached hydrogen (secondary N) is 1. The number of nitrogens with zero attached hydrogens (tertiary/aromatic N) is 1. The van der Waals surface area contributed by atoms with Crippen LogP contribution in [0.4, 0.5) is 5.69 Å². The number of hydrogen-bond donors (Lipinski definition) is 1. The fourth-order valence-electron chi connectivity index (χ4n) is 4.99. The molecule has 8 nitrogen and oxygen atoms in total. The van der Waals surface area contributed by atoms with Crippen molar-refractivity contribution in [3.05, 3.63) is 53.2 Å². The molecule has 1 heterocycles. The van der Waals surface area contributed by atoms with Crippen molar-refractivity contribution in [3.63, 3.8) is 0 Å². The lowest BCUT2D eigenvalue weighted by atomic mass is 9.69. The van der Waals surface area contributed by atoms with Crippen LogP contribution in [0.3, 0.4) is 0 Å². The summed E-state index contributed by atoms with van der Waals surface area (Å²) in [6.45, 7) is 1.81. The van der Waals surface area contributed by atoms with Crippen LogP contribution in [0.1, 0.15) is 37.7 Å². The molecule has 0 radical (unpaired) electrons. The molecule has 1 aliphatic heterocycles. The van der Waals surface area contributed by atoms with Crippen LogP contribution in [0.25, 0.3) is 0 Å². The molecular weight excluding hydrogens is 448 g/mol. The lowest BCUT2D eigenvalue weighted by Gasteiger charge is -2.36. The minimum atomic E-state index is -0.557. The largest absolute Gasteiger partial charge is 0.495 e. The van der Waals surface area contributed by atoms with Crippen molar-refractivity contribution in [1.29, 1.82) is 0 Å². The van der Waals surface area contributed by atoms with Crippen LogP contribution in [0.2, 0.25) is 0 Å². The van der Waals surface area contributed by atoms with Crippen LogP contribution in [-0.2, 0) is 9.59 Å². The van der Waals surface area contributed by atoms with E-state index in [1.165, 1.54) is 21.3 Å². The highest BCUT2D eigenvalue weighted by Gasteiger charge is 2.44. The van der Waals surface area contributed by atoms with Crippen molar-refractivity contribution in [2.45, 2.75) is 32.1 Å². The topological polar surface area (TPSA) is 95.5 Å². The molecule has 184 valence electrons. The first kappa shape index (κ1) is 24.3. The average molecular weight is 479 g/mol. The third-order valence-electron chi connectivity index (χ3n) is 6.55. The zero-order valence-corrected chi connectivity index (χ0v) is 20.6. The summed E-state index contributed by atoms with van der Waals surface area (Å²) < 4.78 is 22.0. The minimum absolute atomic E-state index is 0.0730. The fraction of sp³-hybridized carbons (Fsp3) is 0.370. The summed E-state index contributed by atoms with van der Waals surface area (Å²) in [5.74, 6) is 0.534. The third-order valence-corrected chi connectivity index (χ3v) is 6.55. The second-order valence-corrected chi connectivity index (χ2v) is 8.49. The van der Waals surface area contributed by atoms with Gasteiger partial charge in [-0.1, -0.05) is 12.1 Å². The summed E-state index contributed by atoms with van der Waals surface area (Å²) in [6.07, 6.45) is 1.92. The Morgan fingerprint density at radius 1 is 0.914 bits per heavy atom. The van der Waals surface area contributed by atoms with Gasteiger partial charge >= 0.3 is 0 Å². The van der Waals surface area contributed by atoms with E-state index in [1.807, 2.05) is 19.1 Å². The monoisotopic (exact) mass is 478 g/mol. The Morgan fingerprint density at radius 3 is 2.20 bits per heavy atom. The molecule has 1 aliphatic carbocycles. The maximum atomic E-state index is 13.8. The van der Waals surface area contributed by atoms with Crippen molar-refractivity contribution in [2.24, 2.45) is 10.9 Å². The number of fused-ring (bicyclic) bond motifs is 1. The molecule has 0 aromatic heterocycles. The quantitative estimate of drug-likeness (QED) is 0.628. The van der Waals surface area contributed by atoms with E-state index >= 15 is 0 Å². The summed E-state index contributed by atoms with van der Waals surface area (Å²) in [5.41, 5.74) is 3.07. The molecule has 0 saturated heterocycles. The number of carbonyl (C=O) groups excluding carboxylic acids is 2. The van der Waals surface area contributed by atoms with E-state index in [9.17, 15) is 9.59 Å². The van der Waals surface area contributed by atoms with Gasteiger partial charge in [-0.2, -0.15) is 0 Å². The Balaban J connectivity index is 1.87. The highest BCUT2D eigenvalue weighted by molar-refractivity contribution is 6.14. The van der Waals surface area contributed by atoms with Gasteiger partial charge < -0.3 is 24.3 Å². The molecule has 1 amide bonds. The number of para-hydroxylation sites is 2. The van der Waals surface area contributed by atoms with Gasteiger partial charge in [0.15, 0.2) is 11.5 Å². The molecule has 1 fully saturated rings. The Morgan fingerprint density at radius 2 is 1.57 bits per heavy atom. The van der Waals surface area contributed by atoms with Crippen molar-refractivity contribution in [3.8, 4) is 23.0 Å². The number of allylic oxidation sites excluding steroid dienone is 1. The molecule has 1 N–H and O–H groups in total. The van der Waals surface area contributed by atoms with E-state index in [1.54, 1.807) is 31.4 Å². The van der Waals surface area contributed by atoms with Gasteiger partial charge in [0.05, 0.1) is 40.0 Å². The molecular formula is C27H30N2O6. The van der Waals surface area contributed by atoms with Crippen LogP contribution in [-0.4, -0.2) is 45.8 Å². The Hall–Kier alpha value is -3.81. The maximum absolute atomic E-state index is 13.8. The molecule has 2 aliphatic rings. The second-order valence-electron chi connectivity index (χ2n) is 8.49. The van der Waals surface area contributed by atoms with Crippen molar-refractivity contribution in [2.75, 3.05) is 33.8 Å². The Labute approximate surface area is 204 Å². The summed E-state index contributed by atoms with van der Waals surface area (Å²) in [4.78, 5) is 31.7. The normalized spacial score (nSPS) is 19.5. The average Bonchev–Trinajstić information content (AvgIpc) is 2.87. The number of aliphatic imine (C=N–C) groups is 1. The van der Waals surface area contributed by atoms with E-state index in [4.69, 9.17) is 23.9 Å². The predicted molar refractivity (Wildman–Crippen MR) is 133 cm³/mol. The molecule has 8 heteroatoms. The number of Topliss-reactive ketones (excluding diaryl/α,β-unsaturated/α-hetero) is 1. The van der Waals surface area contributed by atoms with Crippen molar-refractivity contribution < 1.29 is 28.5 Å². The molecule has 35 heavy (non-hydrogen) atoms. The SMILES string of the molecule is COc1ccccc1NC(=O)C1=C(C)N=C2CCCC(=O)[C@H]2[C@@H]1c1cc(OC)c(OC)c(OC)c1. The van der Waals surface area contributed by atoms with E-state index < -0.39 is 11.8 Å². The first-order valence-electron chi connectivity index (χ1n) is 11.5. The van der Waals surface area contributed by atoms with Crippen molar-refractivity contribution >= 4 is 23.1 Å². The van der Waals surface area contributed by atoms with Gasteiger partial charge in [0.1, 0.15) is 11.5 Å². The van der Waals surface area contributed by atoms with E-state index in [-0.39, 0.29) is 11.7 Å². The first-order chi connectivity index (χ1) is 16.9. The van der Waals surface area contributed by atoms with Crippen molar-refractivity contribution in [1.82, 2.24) is 0 Å². The van der Waals surface area contributed by atoms with Gasteiger partial charge in [-0.25, -0.2) is 0 Å². The third kappa shape index (κ3) is 4.48. The zero-order valence-electron chi connectivity index (χ0n) is 20.6. The fourth-order valence-corrected chi connectivity index (χ4v) is 4.99. The van der Waals surface area contributed by atoms with Gasteiger partial charge in [0.25, 0.3) is 5.91 Å². The first-order valence-corrected chi connectivity index (χ1v) is 11.5. The number of benzene rings is 2. The summed E-state index contributed by atoms with van der Waals surface area (Å²) in [5, 5.41) is 2.96. The van der Waals surface area contributed by atoms with Crippen LogP contribution in [0, 0.1) is 5.92 Å². The van der Waals surface area contributed by atoms with Gasteiger partial charge in [0.2, 0.25) is 5.75 Å². The molecule has 2 aromatic rings. The lowest BCUT2D eigenvalue weighted by Crippen LogP contribution is -2.39. The maximum Gasteiger partial charge on any atom is 0.254 e. The molecule has 0 spiro atoms. The molecule has 2 atom stereocenters. The standard InChI is InChI=1S/C27H30N2O6/c1-15-23(27(31)29-17-9-6-7-12-20(17)32-2)24(25-18(28-15)10-8-11-19(25)30)16-13-21(33-3)26(35-5)22(14-16)34-4/h6-7,9,12-14,24-25H,8,10-11H2,1-5H3,(H,29,31)/t24-,25+/m1/s1.